The van der Waals surface area contributed by atoms with Crippen LogP contribution in [0.5, 0.6) is 0 Å². The standard InChI is InChI=1S/C10H19N.2C2H6/c1-8-7-9-5-3-4-6-10(9)11(8)2;2*1-2/h8-10H,3-7H2,1-2H3;2*1-2H3. The van der Waals surface area contributed by atoms with Crippen molar-refractivity contribution >= 4 is 0 Å². The van der Waals surface area contributed by atoms with Crippen molar-refractivity contribution in [2.24, 2.45) is 5.92 Å². The van der Waals surface area contributed by atoms with Crippen LogP contribution in [-0.2, 0) is 0 Å². The van der Waals surface area contributed by atoms with E-state index in [2.05, 4.69) is 18.9 Å². The highest BCUT2D eigenvalue weighted by molar-refractivity contribution is 4.92. The summed E-state index contributed by atoms with van der Waals surface area (Å²) in [5, 5.41) is 0. The van der Waals surface area contributed by atoms with Gasteiger partial charge < -0.3 is 4.90 Å². The fourth-order valence-electron chi connectivity index (χ4n) is 2.93. The minimum absolute atomic E-state index is 0.850. The Morgan fingerprint density at radius 3 is 2.00 bits per heavy atom. The molecule has 1 heterocycles. The van der Waals surface area contributed by atoms with Gasteiger partial charge in [0.1, 0.15) is 0 Å². The quantitative estimate of drug-likeness (QED) is 0.579. The molecule has 0 aromatic rings. The lowest BCUT2D eigenvalue weighted by Crippen LogP contribution is -2.34. The monoisotopic (exact) mass is 213 g/mol. The molecule has 2 fully saturated rings. The first-order chi connectivity index (χ1) is 7.29. The van der Waals surface area contributed by atoms with Crippen LogP contribution in [0.1, 0.15) is 66.7 Å². The van der Waals surface area contributed by atoms with E-state index in [-0.39, 0.29) is 0 Å². The van der Waals surface area contributed by atoms with Gasteiger partial charge >= 0.3 is 0 Å². The molecule has 0 aromatic heterocycles. The molecule has 92 valence electrons. The van der Waals surface area contributed by atoms with E-state index in [4.69, 9.17) is 0 Å². The van der Waals surface area contributed by atoms with Crippen molar-refractivity contribution in [2.45, 2.75) is 78.8 Å². The van der Waals surface area contributed by atoms with Crippen molar-refractivity contribution in [2.75, 3.05) is 7.05 Å². The van der Waals surface area contributed by atoms with Crippen LogP contribution in [-0.4, -0.2) is 24.0 Å². The Hall–Kier alpha value is -0.0400. The molecule has 1 aliphatic carbocycles. The maximum Gasteiger partial charge on any atom is 0.0124 e. The molecule has 2 aliphatic rings. The molecule has 15 heavy (non-hydrogen) atoms. The highest BCUT2D eigenvalue weighted by atomic mass is 15.2. The van der Waals surface area contributed by atoms with Gasteiger partial charge in [-0.05, 0) is 39.2 Å². The Morgan fingerprint density at radius 2 is 1.47 bits per heavy atom. The molecule has 0 radical (unpaired) electrons. The van der Waals surface area contributed by atoms with Crippen LogP contribution < -0.4 is 0 Å². The maximum atomic E-state index is 2.60. The van der Waals surface area contributed by atoms with E-state index in [1.807, 2.05) is 27.7 Å². The summed E-state index contributed by atoms with van der Waals surface area (Å²) >= 11 is 0. The topological polar surface area (TPSA) is 3.24 Å². The van der Waals surface area contributed by atoms with Gasteiger partial charge in [-0.1, -0.05) is 40.5 Å². The van der Waals surface area contributed by atoms with Crippen molar-refractivity contribution < 1.29 is 0 Å². The zero-order chi connectivity index (χ0) is 11.8. The summed E-state index contributed by atoms with van der Waals surface area (Å²) in [6.45, 7) is 10.4. The van der Waals surface area contributed by atoms with E-state index in [0.717, 1.165) is 18.0 Å². The van der Waals surface area contributed by atoms with Gasteiger partial charge in [0.25, 0.3) is 0 Å². The summed E-state index contributed by atoms with van der Waals surface area (Å²) in [4.78, 5) is 2.60. The van der Waals surface area contributed by atoms with Crippen molar-refractivity contribution in [1.29, 1.82) is 0 Å². The predicted molar refractivity (Wildman–Crippen MR) is 70.3 cm³/mol. The molecule has 0 amide bonds. The molecule has 1 saturated carbocycles. The first-order valence-electron chi connectivity index (χ1n) is 7.01. The van der Waals surface area contributed by atoms with Crippen LogP contribution >= 0.6 is 0 Å². The SMILES string of the molecule is CC.CC.CC1CC2CCCCC2N1C. The number of likely N-dealkylation sites (tertiary alicyclic amines) is 1. The van der Waals surface area contributed by atoms with Crippen LogP contribution in [0.3, 0.4) is 0 Å². The summed E-state index contributed by atoms with van der Waals surface area (Å²) in [6, 6.07) is 1.79. The zero-order valence-corrected chi connectivity index (χ0v) is 11.7. The van der Waals surface area contributed by atoms with Gasteiger partial charge in [0, 0.05) is 12.1 Å². The third kappa shape index (κ3) is 3.79. The predicted octanol–water partition coefficient (Wildman–Crippen LogP) is 4.32. The fraction of sp³-hybridized carbons (Fsp3) is 1.00. The Balaban J connectivity index is 0.000000442. The molecule has 0 spiro atoms. The van der Waals surface area contributed by atoms with Gasteiger partial charge in [0.2, 0.25) is 0 Å². The Bertz CT molecular complexity index is 144. The molecule has 0 bridgehead atoms. The Kier molecular flexibility index (Phi) is 8.13. The first-order valence-corrected chi connectivity index (χ1v) is 7.01. The minimum atomic E-state index is 0.850. The highest BCUT2D eigenvalue weighted by Crippen LogP contribution is 2.38. The average Bonchev–Trinajstić information content (AvgIpc) is 2.61. The second kappa shape index (κ2) is 8.15. The maximum absolute atomic E-state index is 2.60. The molecule has 2 rings (SSSR count). The smallest absolute Gasteiger partial charge is 0.0124 e. The van der Waals surface area contributed by atoms with E-state index < -0.39 is 0 Å². The molecule has 3 unspecified atom stereocenters. The van der Waals surface area contributed by atoms with E-state index in [9.17, 15) is 0 Å². The number of fused-ring (bicyclic) bond motifs is 1. The highest BCUT2D eigenvalue weighted by Gasteiger charge is 2.37. The van der Waals surface area contributed by atoms with Gasteiger partial charge in [-0.25, -0.2) is 0 Å². The van der Waals surface area contributed by atoms with E-state index in [1.54, 1.807) is 0 Å². The molecular formula is C14H31N. The third-order valence-electron chi connectivity index (χ3n) is 3.73. The van der Waals surface area contributed by atoms with Crippen LogP contribution in [0.15, 0.2) is 0 Å². The summed E-state index contributed by atoms with van der Waals surface area (Å²) in [7, 11) is 2.31. The van der Waals surface area contributed by atoms with Crippen molar-refractivity contribution in [3.8, 4) is 0 Å². The minimum Gasteiger partial charge on any atom is -0.300 e. The van der Waals surface area contributed by atoms with Gasteiger partial charge in [-0.15, -0.1) is 0 Å². The molecule has 3 atom stereocenters. The Labute approximate surface area is 97.2 Å². The second-order valence-electron chi connectivity index (χ2n) is 4.36. The molecule has 1 aliphatic heterocycles. The molecule has 1 heteroatoms. The van der Waals surface area contributed by atoms with E-state index in [1.165, 1.54) is 32.1 Å². The normalized spacial score (nSPS) is 34.4. The van der Waals surface area contributed by atoms with Crippen LogP contribution in [0.2, 0.25) is 0 Å². The molecule has 0 aromatic carbocycles. The summed E-state index contributed by atoms with van der Waals surface area (Å²) < 4.78 is 0. The third-order valence-corrected chi connectivity index (χ3v) is 3.73. The molecule has 0 N–H and O–H groups in total. The fourth-order valence-corrected chi connectivity index (χ4v) is 2.93. The summed E-state index contributed by atoms with van der Waals surface area (Å²) in [5.74, 6) is 1.05. The second-order valence-corrected chi connectivity index (χ2v) is 4.36. The summed E-state index contributed by atoms with van der Waals surface area (Å²) in [6.07, 6.45) is 7.38. The van der Waals surface area contributed by atoms with Crippen LogP contribution in [0.25, 0.3) is 0 Å². The lowest BCUT2D eigenvalue weighted by Gasteiger charge is -2.30. The van der Waals surface area contributed by atoms with Gasteiger partial charge in [-0.3, -0.25) is 0 Å². The number of rotatable bonds is 0. The average molecular weight is 213 g/mol. The first kappa shape index (κ1) is 15.0. The van der Waals surface area contributed by atoms with E-state index >= 15 is 0 Å². The molecule has 1 saturated heterocycles. The van der Waals surface area contributed by atoms with Gasteiger partial charge in [0.15, 0.2) is 0 Å². The molecule has 1 nitrogen and oxygen atoms in total. The zero-order valence-electron chi connectivity index (χ0n) is 11.7. The van der Waals surface area contributed by atoms with Crippen LogP contribution in [0, 0.1) is 5.92 Å². The van der Waals surface area contributed by atoms with E-state index in [0.29, 0.717) is 0 Å². The van der Waals surface area contributed by atoms with Gasteiger partial charge in [0.05, 0.1) is 0 Å². The van der Waals surface area contributed by atoms with Crippen molar-refractivity contribution in [3.63, 3.8) is 0 Å². The summed E-state index contributed by atoms with van der Waals surface area (Å²) in [5.41, 5.74) is 0. The van der Waals surface area contributed by atoms with Crippen molar-refractivity contribution in [3.05, 3.63) is 0 Å². The Morgan fingerprint density at radius 1 is 0.933 bits per heavy atom. The lowest BCUT2D eigenvalue weighted by molar-refractivity contribution is 0.192. The van der Waals surface area contributed by atoms with Gasteiger partial charge in [-0.2, -0.15) is 0 Å². The number of nitrogens with zero attached hydrogens (tertiary/aromatic N) is 1. The number of hydrogen-bond donors (Lipinski definition) is 0. The molecular weight excluding hydrogens is 182 g/mol. The largest absolute Gasteiger partial charge is 0.300 e. The van der Waals surface area contributed by atoms with Crippen molar-refractivity contribution in [1.82, 2.24) is 4.90 Å². The van der Waals surface area contributed by atoms with Crippen LogP contribution in [0.4, 0.5) is 0 Å². The lowest BCUT2D eigenvalue weighted by atomic mass is 9.85. The number of hydrogen-bond acceptors (Lipinski definition) is 1.